The van der Waals surface area contributed by atoms with E-state index in [0.29, 0.717) is 11.1 Å². The number of benzene rings is 2. The molecule has 0 radical (unpaired) electrons. The molecule has 0 bridgehead atoms. The minimum Gasteiger partial charge on any atom is -0.382 e. The van der Waals surface area contributed by atoms with E-state index in [1.165, 1.54) is 0 Å². The summed E-state index contributed by atoms with van der Waals surface area (Å²) in [7, 11) is 0. The highest BCUT2D eigenvalue weighted by molar-refractivity contribution is 6.01. The Bertz CT molecular complexity index is 576. The van der Waals surface area contributed by atoms with Crippen molar-refractivity contribution in [3.63, 3.8) is 0 Å². The van der Waals surface area contributed by atoms with Crippen LogP contribution in [-0.4, -0.2) is 24.1 Å². The highest BCUT2D eigenvalue weighted by Gasteiger charge is 2.20. The molecule has 0 heterocycles. The summed E-state index contributed by atoms with van der Waals surface area (Å²) in [5.41, 5.74) is 2.21. The first-order valence-corrected chi connectivity index (χ1v) is 8.08. The van der Waals surface area contributed by atoms with Crippen molar-refractivity contribution in [3.05, 3.63) is 71.3 Å². The average Bonchev–Trinajstić information content (AvgIpc) is 2.62. The molecule has 3 nitrogen and oxygen atoms in total. The van der Waals surface area contributed by atoms with Crippen LogP contribution >= 0.6 is 0 Å². The molecular weight excluding hydrogens is 288 g/mol. The van der Waals surface area contributed by atoms with E-state index in [-0.39, 0.29) is 5.78 Å². The van der Waals surface area contributed by atoms with Crippen LogP contribution in [0, 0.1) is 0 Å². The summed E-state index contributed by atoms with van der Waals surface area (Å²) in [5, 5.41) is 10.1. The molecule has 1 N–H and O–H groups in total. The van der Waals surface area contributed by atoms with Crippen LogP contribution in [0.5, 0.6) is 0 Å². The van der Waals surface area contributed by atoms with E-state index in [9.17, 15) is 9.90 Å². The van der Waals surface area contributed by atoms with Crippen LogP contribution in [0.15, 0.2) is 54.6 Å². The van der Waals surface area contributed by atoms with Crippen LogP contribution < -0.4 is 0 Å². The van der Waals surface area contributed by atoms with Crippen LogP contribution in [0.25, 0.3) is 0 Å². The Kier molecular flexibility index (Phi) is 8.88. The first-order chi connectivity index (χ1) is 11.2. The molecule has 0 aliphatic carbocycles. The Hall–Kier alpha value is -1.97. The lowest BCUT2D eigenvalue weighted by Gasteiger charge is -2.12. The Labute approximate surface area is 138 Å². The number of aryl methyl sites for hydroxylation is 1. The van der Waals surface area contributed by atoms with Crippen molar-refractivity contribution in [3.8, 4) is 0 Å². The predicted octanol–water partition coefficient (Wildman–Crippen LogP) is 4.21. The Morgan fingerprint density at radius 3 is 2.04 bits per heavy atom. The average molecular weight is 314 g/mol. The van der Waals surface area contributed by atoms with Gasteiger partial charge in [0, 0.05) is 18.8 Å². The van der Waals surface area contributed by atoms with Crippen molar-refractivity contribution in [2.24, 2.45) is 0 Å². The van der Waals surface area contributed by atoms with Gasteiger partial charge < -0.3 is 9.84 Å². The second-order valence-electron chi connectivity index (χ2n) is 4.97. The number of ketones is 1. The highest BCUT2D eigenvalue weighted by Crippen LogP contribution is 2.20. The van der Waals surface area contributed by atoms with Gasteiger partial charge in [0.1, 0.15) is 6.10 Å². The standard InChI is InChI=1S/C16H16O2.C4H10O/c1-2-12-8-6-7-11-14(12)16(18)15(17)13-9-4-3-5-10-13;1-3-5-4-2/h3-11,15,17H,2H2,1H3;3-4H2,1-2H3. The molecule has 1 atom stereocenters. The Balaban J connectivity index is 0.000000463. The zero-order valence-corrected chi connectivity index (χ0v) is 14.2. The predicted molar refractivity (Wildman–Crippen MR) is 93.7 cm³/mol. The van der Waals surface area contributed by atoms with Crippen LogP contribution in [-0.2, 0) is 11.2 Å². The number of aliphatic hydroxyl groups excluding tert-OH is 1. The molecule has 0 aromatic heterocycles. The molecule has 0 saturated heterocycles. The van der Waals surface area contributed by atoms with E-state index in [0.717, 1.165) is 25.2 Å². The summed E-state index contributed by atoms with van der Waals surface area (Å²) >= 11 is 0. The van der Waals surface area contributed by atoms with Gasteiger partial charge in [-0.1, -0.05) is 61.5 Å². The molecule has 0 aliphatic heterocycles. The van der Waals surface area contributed by atoms with Gasteiger partial charge in [-0.05, 0) is 31.4 Å². The van der Waals surface area contributed by atoms with Crippen molar-refractivity contribution >= 4 is 5.78 Å². The summed E-state index contributed by atoms with van der Waals surface area (Å²) < 4.78 is 4.83. The molecule has 2 rings (SSSR count). The van der Waals surface area contributed by atoms with Gasteiger partial charge in [-0.3, -0.25) is 4.79 Å². The Morgan fingerprint density at radius 2 is 1.52 bits per heavy atom. The fraction of sp³-hybridized carbons (Fsp3) is 0.350. The van der Waals surface area contributed by atoms with E-state index in [4.69, 9.17) is 4.74 Å². The minimum absolute atomic E-state index is 0.237. The number of carbonyl (C=O) groups is 1. The molecule has 0 spiro atoms. The summed E-state index contributed by atoms with van der Waals surface area (Å²) in [6.07, 6.45) is -0.303. The van der Waals surface area contributed by atoms with E-state index in [1.54, 1.807) is 18.2 Å². The number of hydrogen-bond acceptors (Lipinski definition) is 3. The van der Waals surface area contributed by atoms with E-state index in [2.05, 4.69) is 0 Å². The summed E-state index contributed by atoms with van der Waals surface area (Å²) in [6, 6.07) is 16.4. The number of Topliss-reactive ketones (excluding diaryl/α,β-unsaturated/α-hetero) is 1. The summed E-state index contributed by atoms with van der Waals surface area (Å²) in [4.78, 5) is 12.3. The van der Waals surface area contributed by atoms with Gasteiger partial charge in [0.15, 0.2) is 5.78 Å². The van der Waals surface area contributed by atoms with E-state index in [1.807, 2.05) is 57.2 Å². The molecule has 2 aromatic rings. The highest BCUT2D eigenvalue weighted by atomic mass is 16.5. The monoisotopic (exact) mass is 314 g/mol. The molecule has 0 amide bonds. The van der Waals surface area contributed by atoms with Crippen molar-refractivity contribution in [1.82, 2.24) is 0 Å². The van der Waals surface area contributed by atoms with Crippen LogP contribution in [0.2, 0.25) is 0 Å². The number of rotatable bonds is 6. The van der Waals surface area contributed by atoms with Gasteiger partial charge in [-0.2, -0.15) is 0 Å². The molecule has 23 heavy (non-hydrogen) atoms. The molecule has 2 aromatic carbocycles. The van der Waals surface area contributed by atoms with Crippen LogP contribution in [0.4, 0.5) is 0 Å². The van der Waals surface area contributed by atoms with E-state index < -0.39 is 6.10 Å². The third kappa shape index (κ3) is 5.97. The van der Waals surface area contributed by atoms with Gasteiger partial charge in [0.05, 0.1) is 0 Å². The van der Waals surface area contributed by atoms with Crippen LogP contribution in [0.3, 0.4) is 0 Å². The largest absolute Gasteiger partial charge is 0.382 e. The zero-order chi connectivity index (χ0) is 17.1. The van der Waals surface area contributed by atoms with Gasteiger partial charge >= 0.3 is 0 Å². The fourth-order valence-corrected chi connectivity index (χ4v) is 2.21. The lowest BCUT2D eigenvalue weighted by Crippen LogP contribution is -2.14. The smallest absolute Gasteiger partial charge is 0.196 e. The molecule has 3 heteroatoms. The van der Waals surface area contributed by atoms with Gasteiger partial charge in [0.25, 0.3) is 0 Å². The molecule has 0 fully saturated rings. The SMILES string of the molecule is CCOCC.CCc1ccccc1C(=O)C(O)c1ccccc1. The third-order valence-corrected chi connectivity index (χ3v) is 3.44. The summed E-state index contributed by atoms with van der Waals surface area (Å²) in [5.74, 6) is -0.237. The van der Waals surface area contributed by atoms with Crippen molar-refractivity contribution in [2.45, 2.75) is 33.3 Å². The number of carbonyl (C=O) groups excluding carboxylic acids is 1. The Morgan fingerprint density at radius 1 is 0.957 bits per heavy atom. The number of ether oxygens (including phenoxy) is 1. The minimum atomic E-state index is -1.08. The van der Waals surface area contributed by atoms with Crippen molar-refractivity contribution in [2.75, 3.05) is 13.2 Å². The normalized spacial score (nSPS) is 11.3. The first-order valence-electron chi connectivity index (χ1n) is 8.08. The molecular formula is C20H26O3. The maximum Gasteiger partial charge on any atom is 0.196 e. The quantitative estimate of drug-likeness (QED) is 0.813. The van der Waals surface area contributed by atoms with Gasteiger partial charge in [-0.15, -0.1) is 0 Å². The zero-order valence-electron chi connectivity index (χ0n) is 14.2. The first kappa shape index (κ1) is 19.1. The summed E-state index contributed by atoms with van der Waals surface area (Å²) in [6.45, 7) is 7.67. The lowest BCUT2D eigenvalue weighted by molar-refractivity contribution is 0.0746. The lowest BCUT2D eigenvalue weighted by atomic mass is 9.95. The maximum atomic E-state index is 12.3. The van der Waals surface area contributed by atoms with Crippen molar-refractivity contribution in [1.29, 1.82) is 0 Å². The second-order valence-corrected chi connectivity index (χ2v) is 4.97. The van der Waals surface area contributed by atoms with Crippen molar-refractivity contribution < 1.29 is 14.6 Å². The second kappa shape index (κ2) is 10.7. The molecule has 124 valence electrons. The maximum absolute atomic E-state index is 12.3. The van der Waals surface area contributed by atoms with Gasteiger partial charge in [-0.25, -0.2) is 0 Å². The number of aliphatic hydroxyl groups is 1. The fourth-order valence-electron chi connectivity index (χ4n) is 2.21. The molecule has 0 aliphatic rings. The van der Waals surface area contributed by atoms with Gasteiger partial charge in [0.2, 0.25) is 0 Å². The number of hydrogen-bond donors (Lipinski definition) is 1. The topological polar surface area (TPSA) is 46.5 Å². The van der Waals surface area contributed by atoms with E-state index >= 15 is 0 Å². The molecule has 0 saturated carbocycles. The molecule has 1 unspecified atom stereocenters. The third-order valence-electron chi connectivity index (χ3n) is 3.44. The van der Waals surface area contributed by atoms with Crippen LogP contribution in [0.1, 0.15) is 48.4 Å².